The Bertz CT molecular complexity index is 2950. The second-order valence-corrected chi connectivity index (χ2v) is 34.2. The van der Waals surface area contributed by atoms with Crippen LogP contribution < -0.4 is 16.0 Å². The van der Waals surface area contributed by atoms with Crippen molar-refractivity contribution in [2.45, 2.75) is 454 Å². The molecule has 0 aliphatic carbocycles. The van der Waals surface area contributed by atoms with Gasteiger partial charge < -0.3 is 184 Å². The predicted molar refractivity (Wildman–Crippen MR) is 434 cm³/mol. The van der Waals surface area contributed by atoms with E-state index in [1.54, 1.807) is 6.08 Å². The van der Waals surface area contributed by atoms with Gasteiger partial charge in [-0.1, -0.05) is 193 Å². The average Bonchev–Trinajstić information content (AvgIpc) is 0.767. The monoisotopic (exact) mass is 1790 g/mol. The molecular formula is C84H151N3O37. The number of carbonyl (C=O) groups excluding carboxylic acids is 3. The zero-order chi connectivity index (χ0) is 90.7. The highest BCUT2D eigenvalue weighted by atomic mass is 16.8. The van der Waals surface area contributed by atoms with Crippen molar-refractivity contribution < 1.29 is 183 Å². The Labute approximate surface area is 726 Å². The van der Waals surface area contributed by atoms with Gasteiger partial charge in [-0.3, -0.25) is 14.4 Å². The number of aliphatic hydroxyl groups is 20. The third-order valence-electron chi connectivity index (χ3n) is 24.3. The molecule has 7 aliphatic heterocycles. The van der Waals surface area contributed by atoms with E-state index in [-0.39, 0.29) is 12.3 Å². The van der Waals surface area contributed by atoms with Crippen LogP contribution in [0, 0.1) is 0 Å². The van der Waals surface area contributed by atoms with Crippen LogP contribution in [0.1, 0.15) is 227 Å². The SMILES string of the molecule is CCCCCCCCCCCCC/C=C/[C@@H](O)[C@H](CO[C@@H]1OC(CO)[C@@H](O[C@@H]2OC(CO)[C@H](O[C@@H]3OC(CO)[C@H](O)[C@H](O[C@@H]4OC(CO[C@@H]5OC(CO)[C@@H](O)[C@H](O[C@H]6C(O)[C@H](O)C(C)O[C@H]6O)C5NC(C)=O)[C@H](O)[C@H](O[C@@H]5OC(CO)[C@H](O)[C@H](O)C5O)C4NC(C)=O)C3O)[C@H](O)C2O)[C@H](O)C1O)NC(=O)CCCCCCCCCCCCCCCCCCC. The van der Waals surface area contributed by atoms with E-state index in [1.165, 1.54) is 129 Å². The number of allylic oxidation sites excluding steroid dienone is 1. The van der Waals surface area contributed by atoms with E-state index < -0.39 is 285 Å². The maximum absolute atomic E-state index is 13.6. The topological polar surface area (TPSA) is 621 Å². The van der Waals surface area contributed by atoms with Gasteiger partial charge in [0.05, 0.1) is 64.5 Å². The smallest absolute Gasteiger partial charge is 0.220 e. The molecule has 3 amide bonds. The van der Waals surface area contributed by atoms with Crippen LogP contribution in [0.25, 0.3) is 0 Å². The molecule has 0 spiro atoms. The normalized spacial score (nSPS) is 38.5. The fraction of sp³-hybridized carbons (Fsp3) is 0.940. The number of ether oxygens (including phenoxy) is 14. The quantitative estimate of drug-likeness (QED) is 0.0216. The third kappa shape index (κ3) is 32.0. The number of unbranched alkanes of at least 4 members (excludes halogenated alkanes) is 27. The van der Waals surface area contributed by atoms with Crippen molar-refractivity contribution in [1.29, 1.82) is 0 Å². The Morgan fingerprint density at radius 2 is 0.710 bits per heavy atom. The lowest BCUT2D eigenvalue weighted by Gasteiger charge is -2.51. The average molecular weight is 1800 g/mol. The molecule has 0 aromatic heterocycles. The van der Waals surface area contributed by atoms with Crippen molar-refractivity contribution in [2.24, 2.45) is 0 Å². The summed E-state index contributed by atoms with van der Waals surface area (Å²) < 4.78 is 83.2. The van der Waals surface area contributed by atoms with Gasteiger partial charge in [-0.2, -0.15) is 0 Å². The summed E-state index contributed by atoms with van der Waals surface area (Å²) in [7, 11) is 0. The fourth-order valence-electron chi connectivity index (χ4n) is 16.8. The molecule has 14 unspecified atom stereocenters. The lowest BCUT2D eigenvalue weighted by Crippen LogP contribution is -2.71. The molecule has 0 bridgehead atoms. The predicted octanol–water partition coefficient (Wildman–Crippen LogP) is -2.79. The Hall–Kier alpha value is -3.21. The number of nitrogens with one attached hydrogen (secondary N) is 3. The van der Waals surface area contributed by atoms with Crippen LogP contribution in [0.5, 0.6) is 0 Å². The lowest BCUT2D eigenvalue weighted by molar-refractivity contribution is -0.390. The van der Waals surface area contributed by atoms with Crippen LogP contribution >= 0.6 is 0 Å². The maximum Gasteiger partial charge on any atom is 0.220 e. The number of carbonyl (C=O) groups is 3. The molecule has 0 aromatic carbocycles. The highest BCUT2D eigenvalue weighted by molar-refractivity contribution is 5.76. The van der Waals surface area contributed by atoms with Crippen LogP contribution in [-0.4, -0.2) is 393 Å². The zero-order valence-corrected chi connectivity index (χ0v) is 72.6. The summed E-state index contributed by atoms with van der Waals surface area (Å²) in [5.74, 6) is -2.12. The van der Waals surface area contributed by atoms with E-state index >= 15 is 0 Å². The first kappa shape index (κ1) is 108. The minimum Gasteiger partial charge on any atom is -0.394 e. The van der Waals surface area contributed by atoms with Crippen LogP contribution in [0.4, 0.5) is 0 Å². The molecule has 0 radical (unpaired) electrons. The van der Waals surface area contributed by atoms with Gasteiger partial charge in [0.25, 0.3) is 0 Å². The Morgan fingerprint density at radius 3 is 1.19 bits per heavy atom. The van der Waals surface area contributed by atoms with Gasteiger partial charge in [0.2, 0.25) is 17.7 Å². The number of amides is 3. The molecule has 7 saturated heterocycles. The minimum absolute atomic E-state index is 0.166. The molecule has 724 valence electrons. The molecule has 0 saturated carbocycles. The summed E-state index contributed by atoms with van der Waals surface area (Å²) in [4.78, 5) is 39.7. The summed E-state index contributed by atoms with van der Waals surface area (Å²) in [5, 5.41) is 233. The molecule has 7 fully saturated rings. The standard InChI is InChI=1S/C84H151N3O37/c1-6-8-10-12-14-16-18-20-21-22-23-25-27-29-31-33-35-37-56(96)87-48(49(95)36-34-32-30-28-26-24-19-17-15-13-11-9-7-2)43-111-81-69(107)66(104)72(53(41-91)117-81)121-83-70(108)67(105)73(54(42-92)118-83)122-84-71(109)76(62(100)52(40-90)116-84)124-80-58(86-47(5)94)75(123-82-68(106)64(102)60(98)50(38-88)115-82)63(101)55(119-80)44-112-79-57(85-46(4)93)74(61(99)51(39-89)114-79)120-77-65(103)59(97)45(3)113-78(77)110/h34,36,45,48-55,57-84,88-92,95,97-110H,6-33,35,37-44H2,1-5H3,(H,85,93)(H,86,94)(H,87,96)/b36-34+/t45?,48-,49+,50?,51?,52?,53?,54?,55?,57?,58?,59+,60-,61+,62-,63-,64-,65?,66+,67+,68?,69?,70?,71?,72+,73-,74+,75+,76-,77-,78+,79+,80-,81+,82-,83-,84-/m0/s1. The molecule has 37 atom stereocenters. The Morgan fingerprint density at radius 1 is 0.347 bits per heavy atom. The third-order valence-corrected chi connectivity index (χ3v) is 24.3. The highest BCUT2D eigenvalue weighted by Gasteiger charge is 2.59. The van der Waals surface area contributed by atoms with Crippen molar-refractivity contribution >= 4 is 17.7 Å². The number of rotatable bonds is 56. The van der Waals surface area contributed by atoms with Crippen molar-refractivity contribution in [1.82, 2.24) is 16.0 Å². The molecule has 7 rings (SSSR count). The second-order valence-electron chi connectivity index (χ2n) is 34.2. The van der Waals surface area contributed by atoms with Gasteiger partial charge in [-0.25, -0.2) is 0 Å². The largest absolute Gasteiger partial charge is 0.394 e. The number of aliphatic hydroxyl groups excluding tert-OH is 20. The molecule has 7 aliphatic rings. The van der Waals surface area contributed by atoms with E-state index in [4.69, 9.17) is 66.3 Å². The number of hydrogen-bond donors (Lipinski definition) is 23. The van der Waals surface area contributed by atoms with E-state index in [9.17, 15) is 117 Å². The first-order chi connectivity index (χ1) is 59.5. The van der Waals surface area contributed by atoms with Gasteiger partial charge in [0, 0.05) is 20.3 Å². The van der Waals surface area contributed by atoms with Crippen molar-refractivity contribution in [3.05, 3.63) is 12.2 Å². The van der Waals surface area contributed by atoms with E-state index in [0.717, 1.165) is 65.2 Å². The second kappa shape index (κ2) is 56.6. The fourth-order valence-corrected chi connectivity index (χ4v) is 16.8. The molecule has 23 N–H and O–H groups in total. The minimum atomic E-state index is -2.36. The van der Waals surface area contributed by atoms with E-state index in [1.807, 2.05) is 6.08 Å². The first-order valence-electron chi connectivity index (χ1n) is 45.3. The number of hydrogen-bond acceptors (Lipinski definition) is 37. The molecule has 7 heterocycles. The highest BCUT2D eigenvalue weighted by Crippen LogP contribution is 2.39. The molecule has 124 heavy (non-hydrogen) atoms. The molecule has 0 aromatic rings. The van der Waals surface area contributed by atoms with Gasteiger partial charge in [-0.05, 0) is 26.2 Å². The van der Waals surface area contributed by atoms with Gasteiger partial charge >= 0.3 is 0 Å². The summed E-state index contributed by atoms with van der Waals surface area (Å²) in [5.41, 5.74) is 0. The summed E-state index contributed by atoms with van der Waals surface area (Å²) in [6, 6.07) is -4.71. The maximum atomic E-state index is 13.6. The molecule has 40 nitrogen and oxygen atoms in total. The Balaban J connectivity index is 1.02. The van der Waals surface area contributed by atoms with Gasteiger partial charge in [0.1, 0.15) is 165 Å². The van der Waals surface area contributed by atoms with Crippen molar-refractivity contribution in [3.63, 3.8) is 0 Å². The van der Waals surface area contributed by atoms with Crippen LogP contribution in [0.15, 0.2) is 12.2 Å². The van der Waals surface area contributed by atoms with Crippen molar-refractivity contribution in [3.8, 4) is 0 Å². The Kier molecular flexibility index (Phi) is 49.2. The molecule has 40 heteroatoms. The molecular weight excluding hydrogens is 1640 g/mol. The first-order valence-corrected chi connectivity index (χ1v) is 45.3. The van der Waals surface area contributed by atoms with Crippen LogP contribution in [-0.2, 0) is 80.7 Å². The van der Waals surface area contributed by atoms with Gasteiger partial charge in [0.15, 0.2) is 44.0 Å². The summed E-state index contributed by atoms with van der Waals surface area (Å²) in [6.45, 7) is 1.19. The van der Waals surface area contributed by atoms with Crippen LogP contribution in [0.3, 0.4) is 0 Å². The van der Waals surface area contributed by atoms with Crippen LogP contribution in [0.2, 0.25) is 0 Å². The lowest BCUT2D eigenvalue weighted by atomic mass is 9.93. The van der Waals surface area contributed by atoms with Gasteiger partial charge in [-0.15, -0.1) is 0 Å². The summed E-state index contributed by atoms with van der Waals surface area (Å²) >= 11 is 0. The summed E-state index contributed by atoms with van der Waals surface area (Å²) in [6.07, 6.45) is -28.7. The van der Waals surface area contributed by atoms with Crippen molar-refractivity contribution in [2.75, 3.05) is 46.2 Å². The van der Waals surface area contributed by atoms with E-state index in [2.05, 4.69) is 29.8 Å². The zero-order valence-electron chi connectivity index (χ0n) is 72.6. The van der Waals surface area contributed by atoms with E-state index in [0.29, 0.717) is 12.8 Å².